The summed E-state index contributed by atoms with van der Waals surface area (Å²) in [6, 6.07) is 0. The SMILES string of the molecule is CCCN1CCC(c2cn[nH]c2)CC1=O. The molecule has 1 aliphatic heterocycles. The van der Waals surface area contributed by atoms with Crippen LogP contribution in [0.1, 0.15) is 37.7 Å². The lowest BCUT2D eigenvalue weighted by Gasteiger charge is -2.31. The van der Waals surface area contributed by atoms with Crippen LogP contribution in [0.5, 0.6) is 0 Å². The summed E-state index contributed by atoms with van der Waals surface area (Å²) in [6.45, 7) is 3.90. The molecule has 0 saturated carbocycles. The molecule has 1 atom stereocenters. The van der Waals surface area contributed by atoms with Crippen molar-refractivity contribution in [2.45, 2.75) is 32.1 Å². The zero-order valence-corrected chi connectivity index (χ0v) is 9.07. The highest BCUT2D eigenvalue weighted by molar-refractivity contribution is 5.78. The Bertz CT molecular complexity index is 321. The molecular formula is C11H17N3O. The molecule has 1 saturated heterocycles. The average Bonchev–Trinajstić information content (AvgIpc) is 2.74. The number of nitrogens with one attached hydrogen (secondary N) is 1. The maximum Gasteiger partial charge on any atom is 0.223 e. The third-order valence-corrected chi connectivity index (χ3v) is 3.01. The monoisotopic (exact) mass is 207 g/mol. The van der Waals surface area contributed by atoms with Crippen molar-refractivity contribution < 1.29 is 4.79 Å². The van der Waals surface area contributed by atoms with Crippen LogP contribution in [0.4, 0.5) is 0 Å². The Morgan fingerprint density at radius 2 is 2.53 bits per heavy atom. The van der Waals surface area contributed by atoms with Gasteiger partial charge < -0.3 is 4.90 Å². The van der Waals surface area contributed by atoms with Crippen LogP contribution in [-0.2, 0) is 4.79 Å². The molecule has 0 bridgehead atoms. The van der Waals surface area contributed by atoms with E-state index in [0.29, 0.717) is 12.3 Å². The van der Waals surface area contributed by atoms with Gasteiger partial charge in [-0.1, -0.05) is 6.92 Å². The lowest BCUT2D eigenvalue weighted by molar-refractivity contribution is -0.133. The summed E-state index contributed by atoms with van der Waals surface area (Å²) < 4.78 is 0. The Morgan fingerprint density at radius 1 is 1.67 bits per heavy atom. The van der Waals surface area contributed by atoms with Crippen molar-refractivity contribution in [3.8, 4) is 0 Å². The van der Waals surface area contributed by atoms with Gasteiger partial charge in [0.15, 0.2) is 0 Å². The second-order valence-electron chi connectivity index (χ2n) is 4.10. The van der Waals surface area contributed by atoms with E-state index in [9.17, 15) is 4.79 Å². The Morgan fingerprint density at radius 3 is 3.13 bits per heavy atom. The Hall–Kier alpha value is -1.32. The molecule has 1 unspecified atom stereocenters. The number of H-pyrrole nitrogens is 1. The number of carbonyl (C=O) groups is 1. The minimum absolute atomic E-state index is 0.286. The lowest BCUT2D eigenvalue weighted by Crippen LogP contribution is -2.38. The van der Waals surface area contributed by atoms with Crippen molar-refractivity contribution in [1.29, 1.82) is 0 Å². The highest BCUT2D eigenvalue weighted by Gasteiger charge is 2.26. The molecular weight excluding hydrogens is 190 g/mol. The quantitative estimate of drug-likeness (QED) is 0.817. The van der Waals surface area contributed by atoms with E-state index in [1.54, 1.807) is 0 Å². The van der Waals surface area contributed by atoms with Gasteiger partial charge in [-0.3, -0.25) is 9.89 Å². The molecule has 2 heterocycles. The molecule has 4 heteroatoms. The van der Waals surface area contributed by atoms with Gasteiger partial charge in [-0.25, -0.2) is 0 Å². The Labute approximate surface area is 89.7 Å². The Balaban J connectivity index is 1.97. The van der Waals surface area contributed by atoms with Crippen molar-refractivity contribution in [2.24, 2.45) is 0 Å². The van der Waals surface area contributed by atoms with Gasteiger partial charge in [0, 0.05) is 25.7 Å². The largest absolute Gasteiger partial charge is 0.343 e. The number of hydrogen-bond donors (Lipinski definition) is 1. The lowest BCUT2D eigenvalue weighted by atomic mass is 9.91. The second-order valence-corrected chi connectivity index (χ2v) is 4.10. The van der Waals surface area contributed by atoms with E-state index in [1.807, 2.05) is 17.3 Å². The smallest absolute Gasteiger partial charge is 0.223 e. The highest BCUT2D eigenvalue weighted by atomic mass is 16.2. The summed E-state index contributed by atoms with van der Waals surface area (Å²) in [6.07, 6.45) is 6.47. The molecule has 2 rings (SSSR count). The first-order chi connectivity index (χ1) is 7.31. The van der Waals surface area contributed by atoms with E-state index in [4.69, 9.17) is 0 Å². The topological polar surface area (TPSA) is 49.0 Å². The van der Waals surface area contributed by atoms with Crippen LogP contribution in [0.25, 0.3) is 0 Å². The fourth-order valence-corrected chi connectivity index (χ4v) is 2.15. The predicted molar refractivity (Wildman–Crippen MR) is 57.4 cm³/mol. The molecule has 1 aliphatic rings. The van der Waals surface area contributed by atoms with Gasteiger partial charge in [-0.2, -0.15) is 5.10 Å². The molecule has 1 fully saturated rings. The first kappa shape index (κ1) is 10.2. The first-order valence-electron chi connectivity index (χ1n) is 5.57. The van der Waals surface area contributed by atoms with E-state index in [-0.39, 0.29) is 5.91 Å². The highest BCUT2D eigenvalue weighted by Crippen LogP contribution is 2.27. The van der Waals surface area contributed by atoms with Crippen molar-refractivity contribution in [1.82, 2.24) is 15.1 Å². The van der Waals surface area contributed by atoms with Gasteiger partial charge in [0.1, 0.15) is 0 Å². The van der Waals surface area contributed by atoms with E-state index >= 15 is 0 Å². The predicted octanol–water partition coefficient (Wildman–Crippen LogP) is 1.53. The molecule has 4 nitrogen and oxygen atoms in total. The fraction of sp³-hybridized carbons (Fsp3) is 0.636. The summed E-state index contributed by atoms with van der Waals surface area (Å²) in [5.74, 6) is 0.652. The first-order valence-corrected chi connectivity index (χ1v) is 5.57. The van der Waals surface area contributed by atoms with Crippen LogP contribution >= 0.6 is 0 Å². The van der Waals surface area contributed by atoms with Crippen molar-refractivity contribution in [3.63, 3.8) is 0 Å². The van der Waals surface area contributed by atoms with Crippen molar-refractivity contribution in [2.75, 3.05) is 13.1 Å². The van der Waals surface area contributed by atoms with Gasteiger partial charge in [-0.05, 0) is 24.3 Å². The van der Waals surface area contributed by atoms with Gasteiger partial charge in [0.25, 0.3) is 0 Å². The van der Waals surface area contributed by atoms with E-state index in [1.165, 1.54) is 5.56 Å². The van der Waals surface area contributed by atoms with E-state index < -0.39 is 0 Å². The van der Waals surface area contributed by atoms with E-state index in [0.717, 1.165) is 25.9 Å². The van der Waals surface area contributed by atoms with Crippen LogP contribution in [0.3, 0.4) is 0 Å². The van der Waals surface area contributed by atoms with Crippen LogP contribution in [-0.4, -0.2) is 34.1 Å². The second kappa shape index (κ2) is 4.47. The minimum atomic E-state index is 0.286. The molecule has 1 amide bonds. The van der Waals surface area contributed by atoms with E-state index in [2.05, 4.69) is 17.1 Å². The molecule has 1 aromatic heterocycles. The summed E-state index contributed by atoms with van der Waals surface area (Å²) in [7, 11) is 0. The maximum atomic E-state index is 11.8. The molecule has 1 N–H and O–H groups in total. The summed E-state index contributed by atoms with van der Waals surface area (Å²) in [5, 5.41) is 6.73. The van der Waals surface area contributed by atoms with Crippen LogP contribution in [0.15, 0.2) is 12.4 Å². The van der Waals surface area contributed by atoms with Gasteiger partial charge >= 0.3 is 0 Å². The van der Waals surface area contributed by atoms with Gasteiger partial charge in [0.05, 0.1) is 6.20 Å². The van der Waals surface area contributed by atoms with Crippen LogP contribution < -0.4 is 0 Å². The number of carbonyl (C=O) groups excluding carboxylic acids is 1. The number of aromatic nitrogens is 2. The van der Waals surface area contributed by atoms with Gasteiger partial charge in [0.2, 0.25) is 5.91 Å². The van der Waals surface area contributed by atoms with Gasteiger partial charge in [-0.15, -0.1) is 0 Å². The Kier molecular flexibility index (Phi) is 3.04. The number of piperidine rings is 1. The third-order valence-electron chi connectivity index (χ3n) is 3.01. The summed E-state index contributed by atoms with van der Waals surface area (Å²) in [5.41, 5.74) is 1.17. The molecule has 0 aromatic carbocycles. The van der Waals surface area contributed by atoms with Crippen molar-refractivity contribution in [3.05, 3.63) is 18.0 Å². The van der Waals surface area contributed by atoms with Crippen LogP contribution in [0.2, 0.25) is 0 Å². The van der Waals surface area contributed by atoms with Crippen molar-refractivity contribution >= 4 is 5.91 Å². The zero-order valence-electron chi connectivity index (χ0n) is 9.07. The molecule has 0 spiro atoms. The average molecular weight is 207 g/mol. The standard InChI is InChI=1S/C11H17N3O/c1-2-4-14-5-3-9(6-11(14)15)10-7-12-13-8-10/h7-9H,2-6H2,1H3,(H,12,13). The minimum Gasteiger partial charge on any atom is -0.343 e. The third kappa shape index (κ3) is 2.19. The number of amides is 1. The number of rotatable bonds is 3. The number of nitrogens with zero attached hydrogens (tertiary/aromatic N) is 2. The molecule has 82 valence electrons. The zero-order chi connectivity index (χ0) is 10.7. The summed E-state index contributed by atoms with van der Waals surface area (Å²) >= 11 is 0. The number of aromatic amines is 1. The number of hydrogen-bond acceptors (Lipinski definition) is 2. The fourth-order valence-electron chi connectivity index (χ4n) is 2.15. The maximum absolute atomic E-state index is 11.8. The van der Waals surface area contributed by atoms with Crippen LogP contribution in [0, 0.1) is 0 Å². The molecule has 1 aromatic rings. The molecule has 15 heavy (non-hydrogen) atoms. The normalized spacial score (nSPS) is 22.1. The molecule has 0 aliphatic carbocycles. The number of likely N-dealkylation sites (tertiary alicyclic amines) is 1. The molecule has 0 radical (unpaired) electrons. The summed E-state index contributed by atoms with van der Waals surface area (Å²) in [4.78, 5) is 13.8.